The minimum absolute atomic E-state index is 0.123. The highest BCUT2D eigenvalue weighted by molar-refractivity contribution is 7.21. The molecule has 6 nitrogen and oxygen atoms in total. The number of carbonyl (C=O) groups excluding carboxylic acids is 1. The molecule has 1 unspecified atom stereocenters. The van der Waals surface area contributed by atoms with E-state index in [2.05, 4.69) is 10.3 Å². The minimum atomic E-state index is -0.207. The van der Waals surface area contributed by atoms with Gasteiger partial charge in [0, 0.05) is 23.2 Å². The van der Waals surface area contributed by atoms with Crippen LogP contribution in [0.25, 0.3) is 15.3 Å². The molecule has 0 aliphatic carbocycles. The first kappa shape index (κ1) is 16.9. The first-order valence-electron chi connectivity index (χ1n) is 7.98. The lowest BCUT2D eigenvalue weighted by Crippen LogP contribution is -2.26. The van der Waals surface area contributed by atoms with Gasteiger partial charge in [0.1, 0.15) is 16.3 Å². The molecular weight excluding hydrogens is 370 g/mol. The second-order valence-corrected chi connectivity index (χ2v) is 7.68. The third-order valence-electron chi connectivity index (χ3n) is 4.22. The average molecular weight is 387 g/mol. The maximum absolute atomic E-state index is 12.7. The number of nitrogens with zero attached hydrogens (tertiary/aromatic N) is 2. The van der Waals surface area contributed by atoms with Crippen LogP contribution in [0.15, 0.2) is 35.8 Å². The maximum atomic E-state index is 12.7. The zero-order chi connectivity index (χ0) is 18.3. The molecule has 0 saturated carbocycles. The van der Waals surface area contributed by atoms with Crippen molar-refractivity contribution >= 4 is 43.9 Å². The Bertz CT molecular complexity index is 1100. The fraction of sp³-hybridized carbons (Fsp3) is 0.222. The number of benzene rings is 1. The smallest absolute Gasteiger partial charge is 0.261 e. The first-order chi connectivity index (χ1) is 12.6. The van der Waals surface area contributed by atoms with Crippen molar-refractivity contribution in [2.75, 3.05) is 14.2 Å². The van der Waals surface area contributed by atoms with Gasteiger partial charge in [0.05, 0.1) is 30.7 Å². The number of thiazole rings is 1. The van der Waals surface area contributed by atoms with Crippen LogP contribution in [-0.2, 0) is 0 Å². The quantitative estimate of drug-likeness (QED) is 0.559. The summed E-state index contributed by atoms with van der Waals surface area (Å²) in [5.74, 6) is 1.27. The van der Waals surface area contributed by atoms with Gasteiger partial charge < -0.3 is 14.8 Å². The highest BCUT2D eigenvalue weighted by Gasteiger charge is 2.19. The van der Waals surface area contributed by atoms with Crippen LogP contribution >= 0.6 is 22.7 Å². The Morgan fingerprint density at radius 3 is 2.88 bits per heavy atom. The summed E-state index contributed by atoms with van der Waals surface area (Å²) in [6, 6.07) is 7.25. The largest absolute Gasteiger partial charge is 0.497 e. The summed E-state index contributed by atoms with van der Waals surface area (Å²) < 4.78 is 12.7. The Kier molecular flexibility index (Phi) is 4.29. The molecule has 26 heavy (non-hydrogen) atoms. The lowest BCUT2D eigenvalue weighted by Gasteiger charge is -2.17. The molecular formula is C18H17N3O3S2. The number of fused-ring (bicyclic) bond motifs is 3. The van der Waals surface area contributed by atoms with E-state index in [1.807, 2.05) is 47.2 Å². The Labute approximate surface area is 158 Å². The summed E-state index contributed by atoms with van der Waals surface area (Å²) in [6.45, 7) is 1.93. The monoisotopic (exact) mass is 387 g/mol. The number of hydrogen-bond acceptors (Lipinski definition) is 6. The fourth-order valence-electron chi connectivity index (χ4n) is 2.88. The normalized spacial score (nSPS) is 12.4. The molecule has 0 bridgehead atoms. The summed E-state index contributed by atoms with van der Waals surface area (Å²) >= 11 is 2.98. The molecule has 8 heteroatoms. The summed E-state index contributed by atoms with van der Waals surface area (Å²) in [5, 5.41) is 5.02. The topological polar surface area (TPSA) is 64.9 Å². The SMILES string of the molecule is COc1ccc(C(C)NC(=O)c2cc3c(nc4sccn43)s2)c(OC)c1. The van der Waals surface area contributed by atoms with E-state index in [4.69, 9.17) is 9.47 Å². The van der Waals surface area contributed by atoms with E-state index in [0.29, 0.717) is 16.4 Å². The van der Waals surface area contributed by atoms with Crippen molar-refractivity contribution in [3.05, 3.63) is 46.3 Å². The molecule has 1 aromatic carbocycles. The van der Waals surface area contributed by atoms with Crippen LogP contribution in [0.5, 0.6) is 11.5 Å². The van der Waals surface area contributed by atoms with Crippen LogP contribution in [0.3, 0.4) is 0 Å². The second-order valence-electron chi connectivity index (χ2n) is 5.77. The number of thiophene rings is 1. The molecule has 0 fully saturated rings. The van der Waals surface area contributed by atoms with Crippen LogP contribution < -0.4 is 14.8 Å². The standard InChI is InChI=1S/C18H17N3O3S2/c1-10(12-5-4-11(23-2)8-14(12)24-3)19-16(22)15-9-13-17(26-15)20-18-21(13)6-7-25-18/h4-10H,1-3H3,(H,19,22). The summed E-state index contributed by atoms with van der Waals surface area (Å²) in [4.78, 5) is 19.7. The lowest BCUT2D eigenvalue weighted by atomic mass is 10.1. The van der Waals surface area contributed by atoms with Crippen molar-refractivity contribution in [1.29, 1.82) is 0 Å². The molecule has 4 rings (SSSR count). The van der Waals surface area contributed by atoms with Crippen molar-refractivity contribution in [3.63, 3.8) is 0 Å². The van der Waals surface area contributed by atoms with Gasteiger partial charge in [-0.2, -0.15) is 0 Å². The summed E-state index contributed by atoms with van der Waals surface area (Å²) in [5.41, 5.74) is 1.86. The van der Waals surface area contributed by atoms with E-state index in [9.17, 15) is 4.79 Å². The lowest BCUT2D eigenvalue weighted by molar-refractivity contribution is 0.0943. The Morgan fingerprint density at radius 2 is 2.12 bits per heavy atom. The van der Waals surface area contributed by atoms with Gasteiger partial charge in [0.15, 0.2) is 4.96 Å². The minimum Gasteiger partial charge on any atom is -0.497 e. The third-order valence-corrected chi connectivity index (χ3v) is 5.99. The number of ether oxygens (including phenoxy) is 2. The molecule has 4 aromatic rings. The van der Waals surface area contributed by atoms with E-state index in [-0.39, 0.29) is 11.9 Å². The van der Waals surface area contributed by atoms with Gasteiger partial charge in [-0.25, -0.2) is 4.98 Å². The third kappa shape index (κ3) is 2.81. The van der Waals surface area contributed by atoms with Crippen molar-refractivity contribution < 1.29 is 14.3 Å². The van der Waals surface area contributed by atoms with Crippen LogP contribution in [0, 0.1) is 0 Å². The molecule has 0 spiro atoms. The van der Waals surface area contributed by atoms with Gasteiger partial charge in [-0.3, -0.25) is 9.20 Å². The number of methoxy groups -OCH3 is 2. The number of hydrogen-bond donors (Lipinski definition) is 1. The molecule has 1 amide bonds. The van der Waals surface area contributed by atoms with E-state index in [1.165, 1.54) is 11.3 Å². The number of carbonyl (C=O) groups is 1. The van der Waals surface area contributed by atoms with Gasteiger partial charge in [-0.15, -0.1) is 22.7 Å². The molecule has 0 radical (unpaired) electrons. The summed E-state index contributed by atoms with van der Waals surface area (Å²) in [6.07, 6.45) is 1.97. The zero-order valence-corrected chi connectivity index (χ0v) is 16.1. The molecule has 3 heterocycles. The van der Waals surface area contributed by atoms with Gasteiger partial charge in [0.2, 0.25) is 0 Å². The molecule has 0 aliphatic heterocycles. The predicted octanol–water partition coefficient (Wildman–Crippen LogP) is 4.12. The molecule has 0 aliphatic rings. The van der Waals surface area contributed by atoms with Gasteiger partial charge in [-0.1, -0.05) is 0 Å². The zero-order valence-electron chi connectivity index (χ0n) is 14.5. The number of amides is 1. The number of rotatable bonds is 5. The van der Waals surface area contributed by atoms with Crippen molar-refractivity contribution in [2.24, 2.45) is 0 Å². The van der Waals surface area contributed by atoms with Crippen LogP contribution in [0.2, 0.25) is 0 Å². The van der Waals surface area contributed by atoms with E-state index in [1.54, 1.807) is 25.6 Å². The predicted molar refractivity (Wildman–Crippen MR) is 104 cm³/mol. The van der Waals surface area contributed by atoms with Gasteiger partial charge in [0.25, 0.3) is 5.91 Å². The Balaban J connectivity index is 1.58. The average Bonchev–Trinajstić information content (AvgIpc) is 3.33. The fourth-order valence-corrected chi connectivity index (χ4v) is 4.58. The number of imidazole rings is 1. The van der Waals surface area contributed by atoms with Gasteiger partial charge >= 0.3 is 0 Å². The van der Waals surface area contributed by atoms with E-state index < -0.39 is 0 Å². The molecule has 1 atom stereocenters. The molecule has 134 valence electrons. The highest BCUT2D eigenvalue weighted by Crippen LogP contribution is 2.31. The van der Waals surface area contributed by atoms with Crippen LogP contribution in [0.1, 0.15) is 28.2 Å². The Hall–Kier alpha value is -2.58. The Morgan fingerprint density at radius 1 is 1.27 bits per heavy atom. The number of nitrogens with one attached hydrogen (secondary N) is 1. The van der Waals surface area contributed by atoms with Crippen molar-refractivity contribution in [2.45, 2.75) is 13.0 Å². The van der Waals surface area contributed by atoms with Crippen molar-refractivity contribution in [1.82, 2.24) is 14.7 Å². The molecule has 3 aromatic heterocycles. The summed E-state index contributed by atoms with van der Waals surface area (Å²) in [7, 11) is 3.21. The highest BCUT2D eigenvalue weighted by atomic mass is 32.1. The molecule has 0 saturated heterocycles. The molecule has 1 N–H and O–H groups in total. The maximum Gasteiger partial charge on any atom is 0.261 e. The van der Waals surface area contributed by atoms with E-state index in [0.717, 1.165) is 20.9 Å². The number of aromatic nitrogens is 2. The first-order valence-corrected chi connectivity index (χ1v) is 9.68. The van der Waals surface area contributed by atoms with Crippen LogP contribution in [-0.4, -0.2) is 29.5 Å². The second kappa shape index (κ2) is 6.62. The van der Waals surface area contributed by atoms with Crippen LogP contribution in [0.4, 0.5) is 0 Å². The van der Waals surface area contributed by atoms with Gasteiger partial charge in [-0.05, 0) is 25.1 Å². The van der Waals surface area contributed by atoms with E-state index >= 15 is 0 Å². The van der Waals surface area contributed by atoms with Crippen molar-refractivity contribution in [3.8, 4) is 11.5 Å².